The molecule has 8 heteroatoms. The van der Waals surface area contributed by atoms with Gasteiger partial charge in [-0.2, -0.15) is 5.10 Å². The molecule has 0 atom stereocenters. The Balaban J connectivity index is 1.54. The van der Waals surface area contributed by atoms with E-state index in [1.165, 1.54) is 18.3 Å². The zero-order valence-electron chi connectivity index (χ0n) is 12.5. The van der Waals surface area contributed by atoms with Crippen molar-refractivity contribution in [3.8, 4) is 11.5 Å². The predicted molar refractivity (Wildman–Crippen MR) is 85.1 cm³/mol. The highest BCUT2D eigenvalue weighted by atomic mass is 16.7. The van der Waals surface area contributed by atoms with E-state index in [0.29, 0.717) is 17.1 Å². The lowest BCUT2D eigenvalue weighted by Gasteiger charge is -2.02. The highest BCUT2D eigenvalue weighted by Gasteiger charge is 2.14. The summed E-state index contributed by atoms with van der Waals surface area (Å²) in [7, 11) is 0. The third kappa shape index (κ3) is 3.67. The first-order chi connectivity index (χ1) is 11.6. The van der Waals surface area contributed by atoms with E-state index >= 15 is 0 Å². The van der Waals surface area contributed by atoms with Crippen molar-refractivity contribution in [2.75, 3.05) is 6.79 Å². The summed E-state index contributed by atoms with van der Waals surface area (Å²) in [5, 5.41) is 14.4. The van der Waals surface area contributed by atoms with Crippen molar-refractivity contribution in [1.29, 1.82) is 0 Å². The molecule has 0 radical (unpaired) electrons. The first kappa shape index (κ1) is 15.5. The molecule has 0 spiro atoms. The maximum absolute atomic E-state index is 11.9. The fourth-order valence-electron chi connectivity index (χ4n) is 2.14. The molecule has 0 fully saturated rings. The van der Waals surface area contributed by atoms with Gasteiger partial charge in [-0.1, -0.05) is 6.07 Å². The topological polar surface area (TPSA) is 103 Å². The van der Waals surface area contributed by atoms with Gasteiger partial charge in [0.25, 0.3) is 5.69 Å². The summed E-state index contributed by atoms with van der Waals surface area (Å²) >= 11 is 0. The molecule has 1 amide bonds. The lowest BCUT2D eigenvalue weighted by Crippen LogP contribution is -2.19. The first-order valence-electron chi connectivity index (χ1n) is 7.07. The Bertz CT molecular complexity index is 802. The number of nitro benzene ring substituents is 1. The molecule has 122 valence electrons. The summed E-state index contributed by atoms with van der Waals surface area (Å²) in [6.45, 7) is 0.185. The van der Waals surface area contributed by atoms with Gasteiger partial charge < -0.3 is 9.47 Å². The largest absolute Gasteiger partial charge is 0.454 e. The maximum atomic E-state index is 11.9. The van der Waals surface area contributed by atoms with E-state index < -0.39 is 4.92 Å². The van der Waals surface area contributed by atoms with Gasteiger partial charge in [0.05, 0.1) is 17.6 Å². The summed E-state index contributed by atoms with van der Waals surface area (Å²) in [5.74, 6) is 0.997. The number of ether oxygens (including phenoxy) is 2. The number of benzene rings is 2. The summed E-state index contributed by atoms with van der Waals surface area (Å²) in [5.41, 5.74) is 3.83. The van der Waals surface area contributed by atoms with Gasteiger partial charge in [0.2, 0.25) is 12.7 Å². The summed E-state index contributed by atoms with van der Waals surface area (Å²) < 4.78 is 10.5. The smallest absolute Gasteiger partial charge is 0.269 e. The number of rotatable bonds is 5. The molecule has 24 heavy (non-hydrogen) atoms. The maximum Gasteiger partial charge on any atom is 0.269 e. The second-order valence-electron chi connectivity index (χ2n) is 5.01. The van der Waals surface area contributed by atoms with Gasteiger partial charge in [-0.05, 0) is 35.4 Å². The van der Waals surface area contributed by atoms with E-state index in [1.807, 2.05) is 0 Å². The molecule has 0 aromatic heterocycles. The van der Waals surface area contributed by atoms with Crippen molar-refractivity contribution in [2.24, 2.45) is 5.10 Å². The number of hydrogen-bond donors (Lipinski definition) is 1. The van der Waals surface area contributed by atoms with Crippen molar-refractivity contribution < 1.29 is 19.2 Å². The summed E-state index contributed by atoms with van der Waals surface area (Å²) in [4.78, 5) is 21.9. The molecule has 2 aromatic carbocycles. The minimum atomic E-state index is -0.478. The van der Waals surface area contributed by atoms with Crippen LogP contribution in [0.5, 0.6) is 11.5 Å². The molecule has 0 unspecified atom stereocenters. The van der Waals surface area contributed by atoms with Gasteiger partial charge in [-0.25, -0.2) is 5.43 Å². The van der Waals surface area contributed by atoms with Crippen LogP contribution in [0.3, 0.4) is 0 Å². The highest BCUT2D eigenvalue weighted by Crippen LogP contribution is 2.32. The molecule has 2 aromatic rings. The van der Waals surface area contributed by atoms with Crippen LogP contribution in [0.15, 0.2) is 47.6 Å². The standard InChI is InChI=1S/C16H13N3O5/c20-16(8-12-3-6-14-15(7-12)24-10-23-14)18-17-9-11-1-4-13(5-2-11)19(21)22/h1-7,9H,8,10H2,(H,18,20). The van der Waals surface area contributed by atoms with Crippen LogP contribution in [-0.4, -0.2) is 23.8 Å². The molecule has 0 aliphatic carbocycles. The fourth-order valence-corrected chi connectivity index (χ4v) is 2.14. The lowest BCUT2D eigenvalue weighted by atomic mass is 10.1. The Morgan fingerprint density at radius 3 is 2.71 bits per heavy atom. The Morgan fingerprint density at radius 2 is 1.96 bits per heavy atom. The Kier molecular flexibility index (Phi) is 4.37. The number of amides is 1. The third-order valence-electron chi connectivity index (χ3n) is 3.31. The molecule has 0 saturated heterocycles. The molecular formula is C16H13N3O5. The van der Waals surface area contributed by atoms with Crippen LogP contribution in [0.25, 0.3) is 0 Å². The number of fused-ring (bicyclic) bond motifs is 1. The van der Waals surface area contributed by atoms with Crippen molar-refractivity contribution >= 4 is 17.8 Å². The number of carbonyl (C=O) groups is 1. The van der Waals surface area contributed by atoms with Gasteiger partial charge in [0.15, 0.2) is 11.5 Å². The van der Waals surface area contributed by atoms with Crippen LogP contribution in [0.1, 0.15) is 11.1 Å². The summed E-state index contributed by atoms with van der Waals surface area (Å²) in [6.07, 6.45) is 1.56. The second kappa shape index (κ2) is 6.78. The van der Waals surface area contributed by atoms with Crippen LogP contribution in [0.4, 0.5) is 5.69 Å². The predicted octanol–water partition coefficient (Wildman–Crippen LogP) is 2.02. The second-order valence-corrected chi connectivity index (χ2v) is 5.01. The van der Waals surface area contributed by atoms with E-state index in [9.17, 15) is 14.9 Å². The normalized spacial score (nSPS) is 12.3. The average Bonchev–Trinajstić information content (AvgIpc) is 3.03. The van der Waals surface area contributed by atoms with Crippen molar-refractivity contribution in [3.05, 3.63) is 63.7 Å². The molecule has 3 rings (SSSR count). The SMILES string of the molecule is O=C(Cc1ccc2c(c1)OCO2)NN=Cc1ccc([N+](=O)[O-])cc1. The molecule has 0 bridgehead atoms. The van der Waals surface area contributed by atoms with Crippen LogP contribution in [0, 0.1) is 10.1 Å². The van der Waals surface area contributed by atoms with Crippen molar-refractivity contribution in [2.45, 2.75) is 6.42 Å². The van der Waals surface area contributed by atoms with Gasteiger partial charge in [0, 0.05) is 12.1 Å². The lowest BCUT2D eigenvalue weighted by molar-refractivity contribution is -0.384. The van der Waals surface area contributed by atoms with E-state index in [-0.39, 0.29) is 24.8 Å². The van der Waals surface area contributed by atoms with E-state index in [2.05, 4.69) is 10.5 Å². The van der Waals surface area contributed by atoms with E-state index in [4.69, 9.17) is 9.47 Å². The van der Waals surface area contributed by atoms with Gasteiger partial charge in [0.1, 0.15) is 0 Å². The number of carbonyl (C=O) groups excluding carboxylic acids is 1. The van der Waals surface area contributed by atoms with Crippen LogP contribution < -0.4 is 14.9 Å². The zero-order valence-corrected chi connectivity index (χ0v) is 12.5. The molecular weight excluding hydrogens is 314 g/mol. The van der Waals surface area contributed by atoms with Crippen LogP contribution in [0.2, 0.25) is 0 Å². The van der Waals surface area contributed by atoms with Crippen LogP contribution in [-0.2, 0) is 11.2 Å². The molecule has 0 saturated carbocycles. The van der Waals surface area contributed by atoms with Gasteiger partial charge in [-0.15, -0.1) is 0 Å². The minimum absolute atomic E-state index is 0.000932. The number of nitrogens with one attached hydrogen (secondary N) is 1. The summed E-state index contributed by atoms with van der Waals surface area (Å²) in [6, 6.07) is 11.1. The Hall–Kier alpha value is -3.42. The Morgan fingerprint density at radius 1 is 1.21 bits per heavy atom. The first-order valence-corrected chi connectivity index (χ1v) is 7.07. The fraction of sp³-hybridized carbons (Fsp3) is 0.125. The molecule has 1 aliphatic rings. The highest BCUT2D eigenvalue weighted by molar-refractivity contribution is 5.83. The number of nitrogens with zero attached hydrogens (tertiary/aromatic N) is 2. The molecule has 8 nitrogen and oxygen atoms in total. The van der Waals surface area contributed by atoms with Gasteiger partial charge in [-0.3, -0.25) is 14.9 Å². The quantitative estimate of drug-likeness (QED) is 0.514. The van der Waals surface area contributed by atoms with Gasteiger partial charge >= 0.3 is 0 Å². The van der Waals surface area contributed by atoms with E-state index in [1.54, 1.807) is 30.3 Å². The van der Waals surface area contributed by atoms with Crippen molar-refractivity contribution in [1.82, 2.24) is 5.43 Å². The molecule has 1 N–H and O–H groups in total. The number of hydrogen-bond acceptors (Lipinski definition) is 6. The number of non-ortho nitro benzene ring substituents is 1. The minimum Gasteiger partial charge on any atom is -0.454 e. The Labute approximate surface area is 136 Å². The monoisotopic (exact) mass is 327 g/mol. The number of nitro groups is 1. The average molecular weight is 327 g/mol. The molecule has 1 heterocycles. The van der Waals surface area contributed by atoms with E-state index in [0.717, 1.165) is 5.56 Å². The molecule has 1 aliphatic heterocycles. The zero-order chi connectivity index (χ0) is 16.9. The van der Waals surface area contributed by atoms with Crippen LogP contribution >= 0.6 is 0 Å². The number of hydrazone groups is 1. The third-order valence-corrected chi connectivity index (χ3v) is 3.31. The van der Waals surface area contributed by atoms with Crippen molar-refractivity contribution in [3.63, 3.8) is 0 Å².